The molecular weight excluding hydrogens is 415 g/mol. The quantitative estimate of drug-likeness (QED) is 0.594. The maximum atomic E-state index is 12.8. The number of aryl methyl sites for hydroxylation is 1. The molecule has 0 amide bonds. The molecule has 11 heteroatoms. The number of rotatable bonds is 6. The van der Waals surface area contributed by atoms with Crippen LogP contribution < -0.4 is 9.46 Å². The van der Waals surface area contributed by atoms with Gasteiger partial charge in [-0.15, -0.1) is 11.3 Å². The molecule has 0 fully saturated rings. The molecule has 2 aromatic heterocycles. The van der Waals surface area contributed by atoms with Crippen LogP contribution in [0.15, 0.2) is 41.3 Å². The van der Waals surface area contributed by atoms with Crippen molar-refractivity contribution in [3.8, 4) is 16.3 Å². The summed E-state index contributed by atoms with van der Waals surface area (Å²) in [5.41, 5.74) is -0.700. The second-order valence-corrected chi connectivity index (χ2v) is 8.64. The topological polar surface area (TPSA) is 84.1 Å². The SMILES string of the molecule is CCOc1ccccc1NS(=O)(=O)c1cc(-c2cc(C(F)(F)F)[nH]n2)sc1C. The highest BCUT2D eigenvalue weighted by molar-refractivity contribution is 7.93. The molecule has 0 saturated carbocycles. The molecule has 0 atom stereocenters. The summed E-state index contributed by atoms with van der Waals surface area (Å²) >= 11 is 1.04. The average Bonchev–Trinajstić information content (AvgIpc) is 3.23. The first-order valence-electron chi connectivity index (χ1n) is 8.10. The summed E-state index contributed by atoms with van der Waals surface area (Å²) in [6, 6.07) is 8.73. The van der Waals surface area contributed by atoms with Crippen molar-refractivity contribution >= 4 is 27.0 Å². The van der Waals surface area contributed by atoms with Gasteiger partial charge in [0.1, 0.15) is 22.0 Å². The fourth-order valence-corrected chi connectivity index (χ4v) is 5.11. The lowest BCUT2D eigenvalue weighted by molar-refractivity contribution is -0.141. The van der Waals surface area contributed by atoms with Gasteiger partial charge in [-0.25, -0.2) is 8.42 Å². The van der Waals surface area contributed by atoms with Crippen LogP contribution in [0.5, 0.6) is 5.75 Å². The van der Waals surface area contributed by atoms with Crippen molar-refractivity contribution in [3.05, 3.63) is 47.0 Å². The fourth-order valence-electron chi connectivity index (χ4n) is 2.48. The third kappa shape index (κ3) is 4.14. The Bertz CT molecular complexity index is 1090. The molecule has 6 nitrogen and oxygen atoms in total. The van der Waals surface area contributed by atoms with Crippen molar-refractivity contribution in [1.82, 2.24) is 10.2 Å². The summed E-state index contributed by atoms with van der Waals surface area (Å²) < 4.78 is 71.8. The molecule has 0 radical (unpaired) electrons. The molecule has 0 aliphatic carbocycles. The lowest BCUT2D eigenvalue weighted by atomic mass is 10.3. The molecular formula is C17H16F3N3O3S2. The first kappa shape index (κ1) is 20.2. The number of thiophene rings is 1. The van der Waals surface area contributed by atoms with Crippen LogP contribution in [-0.4, -0.2) is 25.2 Å². The minimum Gasteiger partial charge on any atom is -0.492 e. The van der Waals surface area contributed by atoms with Crippen LogP contribution >= 0.6 is 11.3 Å². The van der Waals surface area contributed by atoms with E-state index in [0.717, 1.165) is 17.4 Å². The smallest absolute Gasteiger partial charge is 0.432 e. The predicted octanol–water partition coefficient (Wildman–Crippen LogP) is 4.66. The van der Waals surface area contributed by atoms with Gasteiger partial charge in [-0.3, -0.25) is 9.82 Å². The Morgan fingerprint density at radius 1 is 1.25 bits per heavy atom. The summed E-state index contributed by atoms with van der Waals surface area (Å²) in [5, 5.41) is 5.57. The Hall–Kier alpha value is -2.53. The number of hydrogen-bond donors (Lipinski definition) is 2. The first-order chi connectivity index (χ1) is 13.1. The van der Waals surface area contributed by atoms with Crippen molar-refractivity contribution in [3.63, 3.8) is 0 Å². The number of hydrogen-bond acceptors (Lipinski definition) is 5. The molecule has 2 N–H and O–H groups in total. The number of H-pyrrole nitrogens is 1. The Labute approximate surface area is 163 Å². The molecule has 1 aromatic carbocycles. The van der Waals surface area contributed by atoms with Crippen LogP contribution in [0.4, 0.5) is 18.9 Å². The zero-order chi connectivity index (χ0) is 20.5. The zero-order valence-corrected chi connectivity index (χ0v) is 16.4. The molecule has 3 aromatic rings. The number of anilines is 1. The molecule has 0 spiro atoms. The van der Waals surface area contributed by atoms with Gasteiger partial charge in [0.15, 0.2) is 0 Å². The highest BCUT2D eigenvalue weighted by atomic mass is 32.2. The van der Waals surface area contributed by atoms with Gasteiger partial charge in [-0.2, -0.15) is 18.3 Å². The average molecular weight is 431 g/mol. The molecule has 28 heavy (non-hydrogen) atoms. The summed E-state index contributed by atoms with van der Waals surface area (Å²) in [4.78, 5) is 0.700. The van der Waals surface area contributed by atoms with E-state index < -0.39 is 21.9 Å². The lowest BCUT2D eigenvalue weighted by Gasteiger charge is -2.12. The van der Waals surface area contributed by atoms with E-state index in [1.807, 2.05) is 5.10 Å². The second kappa shape index (κ2) is 7.47. The molecule has 3 rings (SSSR count). The number of halogens is 3. The number of alkyl halides is 3. The normalized spacial score (nSPS) is 12.2. The van der Waals surface area contributed by atoms with Crippen molar-refractivity contribution in [1.29, 1.82) is 0 Å². The third-order valence-corrected chi connectivity index (χ3v) is 6.42. The standard InChI is InChI=1S/C17H16F3N3O3S2/c1-3-26-13-7-5-4-6-11(13)23-28(24,25)15-9-14(27-10(15)2)12-8-16(22-21-12)17(18,19)20/h4-9,23H,3H2,1-2H3,(H,21,22). The number of benzene rings is 1. The minimum atomic E-state index is -4.56. The molecule has 0 bridgehead atoms. The van der Waals surface area contributed by atoms with E-state index in [0.29, 0.717) is 22.1 Å². The van der Waals surface area contributed by atoms with Crippen LogP contribution in [0.1, 0.15) is 17.5 Å². The Kier molecular flexibility index (Phi) is 5.39. The van der Waals surface area contributed by atoms with E-state index in [9.17, 15) is 21.6 Å². The number of ether oxygens (including phenoxy) is 1. The number of aromatic amines is 1. The second-order valence-electron chi connectivity index (χ2n) is 5.73. The van der Waals surface area contributed by atoms with Gasteiger partial charge in [0.05, 0.1) is 17.2 Å². The van der Waals surface area contributed by atoms with Crippen molar-refractivity contribution in [2.24, 2.45) is 0 Å². The van der Waals surface area contributed by atoms with Gasteiger partial charge in [0, 0.05) is 4.88 Å². The molecule has 0 aliphatic rings. The maximum Gasteiger partial charge on any atom is 0.432 e. The van der Waals surface area contributed by atoms with Crippen LogP contribution in [0.3, 0.4) is 0 Å². The Morgan fingerprint density at radius 2 is 1.96 bits per heavy atom. The summed E-state index contributed by atoms with van der Waals surface area (Å²) in [7, 11) is -3.97. The van der Waals surface area contributed by atoms with Gasteiger partial charge < -0.3 is 4.74 Å². The summed E-state index contributed by atoms with van der Waals surface area (Å²) in [6.45, 7) is 3.72. The zero-order valence-electron chi connectivity index (χ0n) is 14.8. The van der Waals surface area contributed by atoms with Gasteiger partial charge in [0.2, 0.25) is 0 Å². The third-order valence-electron chi connectivity index (χ3n) is 3.73. The van der Waals surface area contributed by atoms with Crippen molar-refractivity contribution < 1.29 is 26.3 Å². The van der Waals surface area contributed by atoms with E-state index in [1.54, 1.807) is 38.1 Å². The largest absolute Gasteiger partial charge is 0.492 e. The monoisotopic (exact) mass is 431 g/mol. The van der Waals surface area contributed by atoms with E-state index >= 15 is 0 Å². The molecule has 0 saturated heterocycles. The van der Waals surface area contributed by atoms with E-state index in [-0.39, 0.29) is 16.3 Å². The number of aromatic nitrogens is 2. The number of nitrogens with one attached hydrogen (secondary N) is 2. The predicted molar refractivity (Wildman–Crippen MR) is 100 cm³/mol. The molecule has 2 heterocycles. The summed E-state index contributed by atoms with van der Waals surface area (Å²) in [6.07, 6.45) is -4.56. The van der Waals surface area contributed by atoms with Crippen LogP contribution in [0.25, 0.3) is 10.6 Å². The highest BCUT2D eigenvalue weighted by Crippen LogP contribution is 2.37. The van der Waals surface area contributed by atoms with E-state index in [4.69, 9.17) is 4.74 Å². The van der Waals surface area contributed by atoms with Gasteiger partial charge in [-0.1, -0.05) is 12.1 Å². The molecule has 150 valence electrons. The fraction of sp³-hybridized carbons (Fsp3) is 0.235. The maximum absolute atomic E-state index is 12.8. The van der Waals surface area contributed by atoms with Crippen LogP contribution in [0.2, 0.25) is 0 Å². The number of para-hydroxylation sites is 2. The number of nitrogens with zero attached hydrogens (tertiary/aromatic N) is 1. The Morgan fingerprint density at radius 3 is 2.61 bits per heavy atom. The van der Waals surface area contributed by atoms with Crippen molar-refractivity contribution in [2.45, 2.75) is 24.9 Å². The van der Waals surface area contributed by atoms with Gasteiger partial charge in [0.25, 0.3) is 10.0 Å². The Balaban J connectivity index is 1.93. The highest BCUT2D eigenvalue weighted by Gasteiger charge is 2.33. The van der Waals surface area contributed by atoms with Crippen molar-refractivity contribution in [2.75, 3.05) is 11.3 Å². The van der Waals surface area contributed by atoms with Gasteiger partial charge in [-0.05, 0) is 38.1 Å². The van der Waals surface area contributed by atoms with Crippen LogP contribution in [-0.2, 0) is 16.2 Å². The van der Waals surface area contributed by atoms with E-state index in [1.165, 1.54) is 6.07 Å². The number of sulfonamides is 1. The minimum absolute atomic E-state index is 0.0246. The first-order valence-corrected chi connectivity index (χ1v) is 10.4. The van der Waals surface area contributed by atoms with Gasteiger partial charge >= 0.3 is 6.18 Å². The van der Waals surface area contributed by atoms with E-state index in [2.05, 4.69) is 9.82 Å². The summed E-state index contributed by atoms with van der Waals surface area (Å²) in [5.74, 6) is 0.379. The molecule has 0 aliphatic heterocycles. The lowest BCUT2D eigenvalue weighted by Crippen LogP contribution is -2.14. The van der Waals surface area contributed by atoms with Crippen LogP contribution in [0, 0.1) is 6.92 Å². The molecule has 0 unspecified atom stereocenters.